The Morgan fingerprint density at radius 2 is 1.82 bits per heavy atom. The minimum atomic E-state index is 0.228. The maximum absolute atomic E-state index is 12.1. The maximum atomic E-state index is 12.1. The lowest BCUT2D eigenvalue weighted by Gasteiger charge is -2.41. The number of likely N-dealkylation sites (tertiary alicyclic amines) is 1. The lowest BCUT2D eigenvalue weighted by molar-refractivity contribution is -0.140. The van der Waals surface area contributed by atoms with Crippen molar-refractivity contribution in [2.24, 2.45) is 23.0 Å². The Balaban J connectivity index is 1.83. The molecule has 2 fully saturated rings. The first-order valence-corrected chi connectivity index (χ1v) is 7.03. The first-order chi connectivity index (χ1) is 8.04. The summed E-state index contributed by atoms with van der Waals surface area (Å²) in [4.78, 5) is 14.2. The van der Waals surface area contributed by atoms with Crippen molar-refractivity contribution < 1.29 is 4.79 Å². The molecule has 3 heteroatoms. The molecule has 0 aromatic heterocycles. The van der Waals surface area contributed by atoms with Crippen LogP contribution < -0.4 is 5.73 Å². The van der Waals surface area contributed by atoms with Gasteiger partial charge in [-0.25, -0.2) is 0 Å². The monoisotopic (exact) mass is 238 g/mol. The van der Waals surface area contributed by atoms with E-state index in [1.54, 1.807) is 0 Å². The minimum Gasteiger partial charge on any atom is -0.342 e. The Labute approximate surface area is 105 Å². The molecule has 2 aliphatic rings. The fourth-order valence-electron chi connectivity index (χ4n) is 2.96. The van der Waals surface area contributed by atoms with E-state index < -0.39 is 0 Å². The normalized spacial score (nSPS) is 23.6. The zero-order valence-corrected chi connectivity index (χ0v) is 11.2. The van der Waals surface area contributed by atoms with Crippen LogP contribution in [0.5, 0.6) is 0 Å². The minimum absolute atomic E-state index is 0.228. The Hall–Kier alpha value is -0.570. The zero-order chi connectivity index (χ0) is 12.5. The van der Waals surface area contributed by atoms with Crippen LogP contribution in [0.2, 0.25) is 0 Å². The van der Waals surface area contributed by atoms with E-state index in [4.69, 9.17) is 5.73 Å². The van der Waals surface area contributed by atoms with Gasteiger partial charge in [0.15, 0.2) is 0 Å². The van der Waals surface area contributed by atoms with Gasteiger partial charge in [0, 0.05) is 19.0 Å². The molecule has 0 bridgehead atoms. The molecule has 1 amide bonds. The van der Waals surface area contributed by atoms with Gasteiger partial charge in [-0.05, 0) is 43.6 Å². The first kappa shape index (κ1) is 12.9. The molecular weight excluding hydrogens is 212 g/mol. The van der Waals surface area contributed by atoms with Gasteiger partial charge in [0.05, 0.1) is 0 Å². The molecule has 0 aromatic rings. The summed E-state index contributed by atoms with van der Waals surface area (Å²) in [7, 11) is 0. The van der Waals surface area contributed by atoms with Gasteiger partial charge in [0.1, 0.15) is 0 Å². The quantitative estimate of drug-likeness (QED) is 0.817. The SMILES string of the molecule is CC(C)(CN)C1CCN(C(=O)C2CCC2)CC1. The zero-order valence-electron chi connectivity index (χ0n) is 11.2. The lowest BCUT2D eigenvalue weighted by atomic mass is 9.73. The highest BCUT2D eigenvalue weighted by Crippen LogP contribution is 2.35. The van der Waals surface area contributed by atoms with Crippen LogP contribution in [0.25, 0.3) is 0 Å². The number of piperidine rings is 1. The average molecular weight is 238 g/mol. The topological polar surface area (TPSA) is 46.3 Å². The van der Waals surface area contributed by atoms with Crippen molar-refractivity contribution in [3.05, 3.63) is 0 Å². The van der Waals surface area contributed by atoms with E-state index in [9.17, 15) is 4.79 Å². The van der Waals surface area contributed by atoms with Crippen molar-refractivity contribution in [2.75, 3.05) is 19.6 Å². The number of nitrogens with two attached hydrogens (primary N) is 1. The second-order valence-corrected chi connectivity index (χ2v) is 6.42. The fraction of sp³-hybridized carbons (Fsp3) is 0.929. The molecule has 98 valence electrons. The number of rotatable bonds is 3. The predicted octanol–water partition coefficient (Wildman–Crippen LogP) is 2.01. The van der Waals surface area contributed by atoms with Gasteiger partial charge >= 0.3 is 0 Å². The standard InChI is InChI=1S/C14H26N2O/c1-14(2,10-15)12-6-8-16(9-7-12)13(17)11-4-3-5-11/h11-12H,3-10,15H2,1-2H3. The van der Waals surface area contributed by atoms with Crippen molar-refractivity contribution in [2.45, 2.75) is 46.0 Å². The number of hydrogen-bond donors (Lipinski definition) is 1. The molecule has 1 heterocycles. The third-order valence-electron chi connectivity index (χ3n) is 4.89. The molecule has 0 aromatic carbocycles. The van der Waals surface area contributed by atoms with Gasteiger partial charge in [-0.2, -0.15) is 0 Å². The predicted molar refractivity (Wildman–Crippen MR) is 69.5 cm³/mol. The van der Waals surface area contributed by atoms with Crippen molar-refractivity contribution in [3.63, 3.8) is 0 Å². The number of amides is 1. The summed E-state index contributed by atoms with van der Waals surface area (Å²) in [5.74, 6) is 1.45. The van der Waals surface area contributed by atoms with Gasteiger partial charge in [0.2, 0.25) is 5.91 Å². The van der Waals surface area contributed by atoms with Crippen LogP contribution >= 0.6 is 0 Å². The molecule has 1 aliphatic heterocycles. The average Bonchev–Trinajstić information content (AvgIpc) is 2.27. The van der Waals surface area contributed by atoms with Crippen LogP contribution in [-0.2, 0) is 4.79 Å². The smallest absolute Gasteiger partial charge is 0.225 e. The molecular formula is C14H26N2O. The second-order valence-electron chi connectivity index (χ2n) is 6.42. The Kier molecular flexibility index (Phi) is 3.76. The highest BCUT2D eigenvalue weighted by molar-refractivity contribution is 5.79. The molecule has 3 nitrogen and oxygen atoms in total. The van der Waals surface area contributed by atoms with E-state index in [1.165, 1.54) is 6.42 Å². The fourth-order valence-corrected chi connectivity index (χ4v) is 2.96. The van der Waals surface area contributed by atoms with E-state index in [0.29, 0.717) is 17.7 Å². The molecule has 0 spiro atoms. The largest absolute Gasteiger partial charge is 0.342 e. The highest BCUT2D eigenvalue weighted by atomic mass is 16.2. The third-order valence-corrected chi connectivity index (χ3v) is 4.89. The number of carbonyl (C=O) groups excluding carboxylic acids is 1. The number of nitrogens with zero attached hydrogens (tertiary/aromatic N) is 1. The lowest BCUT2D eigenvalue weighted by Crippen LogP contribution is -2.46. The van der Waals surface area contributed by atoms with Gasteiger partial charge in [-0.3, -0.25) is 4.79 Å². The second kappa shape index (κ2) is 4.97. The highest BCUT2D eigenvalue weighted by Gasteiger charge is 2.35. The summed E-state index contributed by atoms with van der Waals surface area (Å²) in [6, 6.07) is 0. The molecule has 0 radical (unpaired) electrons. The van der Waals surface area contributed by atoms with Crippen molar-refractivity contribution in [1.29, 1.82) is 0 Å². The molecule has 2 N–H and O–H groups in total. The summed E-state index contributed by atoms with van der Waals surface area (Å²) in [5, 5.41) is 0. The van der Waals surface area contributed by atoms with E-state index in [-0.39, 0.29) is 5.41 Å². The molecule has 0 atom stereocenters. The Morgan fingerprint density at radius 1 is 1.24 bits per heavy atom. The van der Waals surface area contributed by atoms with E-state index in [2.05, 4.69) is 18.7 Å². The molecule has 1 aliphatic carbocycles. The molecule has 0 unspecified atom stereocenters. The first-order valence-electron chi connectivity index (χ1n) is 7.03. The molecule has 2 rings (SSSR count). The number of carbonyl (C=O) groups is 1. The van der Waals surface area contributed by atoms with Crippen LogP contribution in [0.3, 0.4) is 0 Å². The summed E-state index contributed by atoms with van der Waals surface area (Å²) in [6.07, 6.45) is 5.73. The van der Waals surface area contributed by atoms with Crippen LogP contribution in [0.4, 0.5) is 0 Å². The molecule has 1 saturated carbocycles. The maximum Gasteiger partial charge on any atom is 0.225 e. The summed E-state index contributed by atoms with van der Waals surface area (Å²) in [5.41, 5.74) is 6.06. The third kappa shape index (κ3) is 2.65. The van der Waals surface area contributed by atoms with Gasteiger partial charge in [-0.15, -0.1) is 0 Å². The molecule has 1 saturated heterocycles. The summed E-state index contributed by atoms with van der Waals surface area (Å²) in [6.45, 7) is 7.14. The van der Waals surface area contributed by atoms with Gasteiger partial charge in [-0.1, -0.05) is 20.3 Å². The van der Waals surface area contributed by atoms with Crippen molar-refractivity contribution >= 4 is 5.91 Å². The van der Waals surface area contributed by atoms with E-state index >= 15 is 0 Å². The number of hydrogen-bond acceptors (Lipinski definition) is 2. The van der Waals surface area contributed by atoms with Crippen LogP contribution in [-0.4, -0.2) is 30.4 Å². The Morgan fingerprint density at radius 3 is 2.24 bits per heavy atom. The van der Waals surface area contributed by atoms with Crippen molar-refractivity contribution in [1.82, 2.24) is 4.90 Å². The molecule has 17 heavy (non-hydrogen) atoms. The van der Waals surface area contributed by atoms with Crippen LogP contribution in [0.1, 0.15) is 46.0 Å². The van der Waals surface area contributed by atoms with E-state index in [0.717, 1.165) is 45.3 Å². The summed E-state index contributed by atoms with van der Waals surface area (Å²) < 4.78 is 0. The van der Waals surface area contributed by atoms with E-state index in [1.807, 2.05) is 0 Å². The summed E-state index contributed by atoms with van der Waals surface area (Å²) >= 11 is 0. The van der Waals surface area contributed by atoms with Gasteiger partial charge in [0.25, 0.3) is 0 Å². The van der Waals surface area contributed by atoms with Gasteiger partial charge < -0.3 is 10.6 Å². The van der Waals surface area contributed by atoms with Crippen molar-refractivity contribution in [3.8, 4) is 0 Å². The Bertz CT molecular complexity index is 276. The van der Waals surface area contributed by atoms with Crippen LogP contribution in [0, 0.1) is 17.3 Å². The van der Waals surface area contributed by atoms with Crippen LogP contribution in [0.15, 0.2) is 0 Å².